The van der Waals surface area contributed by atoms with Crippen molar-refractivity contribution in [1.29, 1.82) is 0 Å². The van der Waals surface area contributed by atoms with Gasteiger partial charge in [-0.15, -0.1) is 0 Å². The van der Waals surface area contributed by atoms with E-state index in [1.165, 1.54) is 4.90 Å². The number of rotatable bonds is 3. The molecule has 4 rings (SSSR count). The zero-order valence-electron chi connectivity index (χ0n) is 18.1. The van der Waals surface area contributed by atoms with E-state index in [-0.39, 0.29) is 11.3 Å². The van der Waals surface area contributed by atoms with E-state index in [4.69, 9.17) is 0 Å². The van der Waals surface area contributed by atoms with Gasteiger partial charge in [-0.05, 0) is 68.1 Å². The van der Waals surface area contributed by atoms with Crippen molar-refractivity contribution in [3.05, 3.63) is 106 Å². The van der Waals surface area contributed by atoms with Gasteiger partial charge in [0, 0.05) is 11.3 Å². The number of hydrogen-bond acceptors (Lipinski definition) is 3. The Kier molecular flexibility index (Phi) is 5.24. The lowest BCUT2D eigenvalue weighted by Crippen LogP contribution is -2.29. The third-order valence-electron chi connectivity index (χ3n) is 6.02. The maximum Gasteiger partial charge on any atom is 0.300 e. The normalized spacial score (nSPS) is 17.9. The van der Waals surface area contributed by atoms with E-state index in [2.05, 4.69) is 0 Å². The van der Waals surface area contributed by atoms with Crippen LogP contribution in [0.2, 0.25) is 0 Å². The molecule has 0 bridgehead atoms. The molecule has 1 heterocycles. The number of aliphatic hydroxyl groups excluding tert-OH is 1. The zero-order chi connectivity index (χ0) is 22.3. The third-order valence-corrected chi connectivity index (χ3v) is 6.02. The Hall–Kier alpha value is -3.66. The van der Waals surface area contributed by atoms with Gasteiger partial charge in [0.25, 0.3) is 11.7 Å². The lowest BCUT2D eigenvalue weighted by Gasteiger charge is -2.26. The van der Waals surface area contributed by atoms with Crippen LogP contribution in [0.15, 0.2) is 72.3 Å². The predicted octanol–water partition coefficient (Wildman–Crippen LogP) is 5.55. The number of ketones is 1. The van der Waals surface area contributed by atoms with Gasteiger partial charge < -0.3 is 5.11 Å². The molecule has 3 aromatic carbocycles. The second-order valence-electron chi connectivity index (χ2n) is 8.16. The quantitative estimate of drug-likeness (QED) is 0.349. The smallest absolute Gasteiger partial charge is 0.300 e. The fourth-order valence-electron chi connectivity index (χ4n) is 4.04. The maximum atomic E-state index is 13.2. The van der Waals surface area contributed by atoms with Crippen molar-refractivity contribution in [3.63, 3.8) is 0 Å². The topological polar surface area (TPSA) is 57.6 Å². The average molecular weight is 412 g/mol. The number of aryl methyl sites for hydroxylation is 4. The first-order valence-electron chi connectivity index (χ1n) is 10.3. The molecule has 0 radical (unpaired) electrons. The Balaban J connectivity index is 1.97. The molecule has 1 saturated heterocycles. The molecule has 4 nitrogen and oxygen atoms in total. The summed E-state index contributed by atoms with van der Waals surface area (Å²) < 4.78 is 0. The van der Waals surface area contributed by atoms with Crippen LogP contribution in [0, 0.1) is 27.7 Å². The van der Waals surface area contributed by atoms with Gasteiger partial charge in [-0.25, -0.2) is 0 Å². The van der Waals surface area contributed by atoms with E-state index in [0.29, 0.717) is 11.3 Å². The van der Waals surface area contributed by atoms with Crippen LogP contribution in [0.3, 0.4) is 0 Å². The number of benzene rings is 3. The van der Waals surface area contributed by atoms with Crippen LogP contribution in [-0.2, 0) is 9.59 Å². The molecule has 1 aliphatic rings. The molecule has 1 fully saturated rings. The minimum Gasteiger partial charge on any atom is -0.507 e. The second-order valence-corrected chi connectivity index (χ2v) is 8.16. The number of anilines is 1. The lowest BCUT2D eigenvalue weighted by molar-refractivity contribution is -0.132. The van der Waals surface area contributed by atoms with Gasteiger partial charge in [-0.3, -0.25) is 14.5 Å². The van der Waals surface area contributed by atoms with Crippen LogP contribution in [-0.4, -0.2) is 16.8 Å². The summed E-state index contributed by atoms with van der Waals surface area (Å²) in [5, 5.41) is 11.2. The van der Waals surface area contributed by atoms with Crippen molar-refractivity contribution in [2.75, 3.05) is 4.90 Å². The zero-order valence-corrected chi connectivity index (χ0v) is 18.1. The number of amides is 1. The van der Waals surface area contributed by atoms with Gasteiger partial charge in [0.05, 0.1) is 11.6 Å². The van der Waals surface area contributed by atoms with Crippen LogP contribution < -0.4 is 4.90 Å². The predicted molar refractivity (Wildman–Crippen MR) is 123 cm³/mol. The standard InChI is InChI=1S/C27H25NO3/c1-16-9-13-21(14-10-16)28-24(22-8-6-5-7-18(22)3)23(26(30)27(28)31)25(29)20-12-11-17(2)19(4)15-20/h5-15,24,29H,1-4H3/b25-23+. The van der Waals surface area contributed by atoms with Crippen molar-refractivity contribution >= 4 is 23.1 Å². The summed E-state index contributed by atoms with van der Waals surface area (Å²) >= 11 is 0. The molecule has 1 N–H and O–H groups in total. The van der Waals surface area contributed by atoms with E-state index in [1.807, 2.05) is 88.4 Å². The highest BCUT2D eigenvalue weighted by Gasteiger charge is 2.47. The SMILES string of the molecule is Cc1ccc(N2C(=O)C(=O)/C(=C(/O)c3ccc(C)c(C)c3)C2c2ccccc2C)cc1. The van der Waals surface area contributed by atoms with Gasteiger partial charge in [0.2, 0.25) is 0 Å². The van der Waals surface area contributed by atoms with E-state index < -0.39 is 17.7 Å². The largest absolute Gasteiger partial charge is 0.507 e. The fraction of sp³-hybridized carbons (Fsp3) is 0.185. The number of nitrogens with zero attached hydrogens (tertiary/aromatic N) is 1. The number of Topliss-reactive ketones (excluding diaryl/α,β-unsaturated/α-hetero) is 1. The summed E-state index contributed by atoms with van der Waals surface area (Å²) in [6.07, 6.45) is 0. The highest BCUT2D eigenvalue weighted by molar-refractivity contribution is 6.51. The number of carbonyl (C=O) groups excluding carboxylic acids is 2. The molecule has 0 aliphatic carbocycles. The first-order valence-corrected chi connectivity index (χ1v) is 10.3. The molecule has 1 amide bonds. The summed E-state index contributed by atoms with van der Waals surface area (Å²) in [5.74, 6) is -1.46. The van der Waals surface area contributed by atoms with Crippen molar-refractivity contribution < 1.29 is 14.7 Å². The Labute approximate surface area is 182 Å². The van der Waals surface area contributed by atoms with Crippen molar-refractivity contribution in [2.45, 2.75) is 33.7 Å². The van der Waals surface area contributed by atoms with Gasteiger partial charge in [-0.2, -0.15) is 0 Å². The van der Waals surface area contributed by atoms with Gasteiger partial charge >= 0.3 is 0 Å². The fourth-order valence-corrected chi connectivity index (χ4v) is 4.04. The molecule has 31 heavy (non-hydrogen) atoms. The summed E-state index contributed by atoms with van der Waals surface area (Å²) in [5.41, 5.74) is 6.18. The monoisotopic (exact) mass is 411 g/mol. The van der Waals surface area contributed by atoms with Crippen LogP contribution in [0.25, 0.3) is 5.76 Å². The summed E-state index contributed by atoms with van der Waals surface area (Å²) in [4.78, 5) is 27.9. The van der Waals surface area contributed by atoms with Crippen LogP contribution >= 0.6 is 0 Å². The van der Waals surface area contributed by atoms with Crippen LogP contribution in [0.5, 0.6) is 0 Å². The maximum absolute atomic E-state index is 13.2. The summed E-state index contributed by atoms with van der Waals surface area (Å²) in [6, 6.07) is 20.0. The molecule has 4 heteroatoms. The number of hydrogen-bond donors (Lipinski definition) is 1. The van der Waals surface area contributed by atoms with Gasteiger partial charge in [0.1, 0.15) is 5.76 Å². The van der Waals surface area contributed by atoms with Gasteiger partial charge in [0.15, 0.2) is 0 Å². The third kappa shape index (κ3) is 3.55. The van der Waals surface area contributed by atoms with E-state index >= 15 is 0 Å². The van der Waals surface area contributed by atoms with E-state index in [1.54, 1.807) is 6.07 Å². The summed E-state index contributed by atoms with van der Waals surface area (Å²) in [6.45, 7) is 7.86. The minimum atomic E-state index is -0.703. The first-order chi connectivity index (χ1) is 14.8. The van der Waals surface area contributed by atoms with Crippen molar-refractivity contribution in [2.24, 2.45) is 0 Å². The van der Waals surface area contributed by atoms with E-state index in [9.17, 15) is 14.7 Å². The molecule has 156 valence electrons. The Morgan fingerprint density at radius 2 is 1.48 bits per heavy atom. The molecule has 3 aromatic rings. The van der Waals surface area contributed by atoms with Crippen molar-refractivity contribution in [3.8, 4) is 0 Å². The molecule has 1 unspecified atom stereocenters. The molecule has 0 aromatic heterocycles. The number of aliphatic hydroxyl groups is 1. The second kappa shape index (κ2) is 7.88. The van der Waals surface area contributed by atoms with Gasteiger partial charge in [-0.1, -0.05) is 54.1 Å². The van der Waals surface area contributed by atoms with E-state index in [0.717, 1.165) is 27.8 Å². The Morgan fingerprint density at radius 3 is 2.13 bits per heavy atom. The van der Waals surface area contributed by atoms with Crippen molar-refractivity contribution in [1.82, 2.24) is 0 Å². The van der Waals surface area contributed by atoms with Crippen LogP contribution in [0.1, 0.15) is 39.4 Å². The number of carbonyl (C=O) groups is 2. The minimum absolute atomic E-state index is 0.114. The highest BCUT2D eigenvalue weighted by Crippen LogP contribution is 2.43. The Bertz CT molecular complexity index is 1220. The average Bonchev–Trinajstić information content (AvgIpc) is 3.01. The molecular weight excluding hydrogens is 386 g/mol. The molecule has 0 saturated carbocycles. The first kappa shape index (κ1) is 20.6. The molecular formula is C27H25NO3. The molecule has 1 aliphatic heterocycles. The molecule has 0 spiro atoms. The summed E-state index contributed by atoms with van der Waals surface area (Å²) in [7, 11) is 0. The lowest BCUT2D eigenvalue weighted by atomic mass is 9.92. The molecule has 1 atom stereocenters. The highest BCUT2D eigenvalue weighted by atomic mass is 16.3. The van der Waals surface area contributed by atoms with Crippen LogP contribution in [0.4, 0.5) is 5.69 Å². The Morgan fingerprint density at radius 1 is 0.806 bits per heavy atom.